The second kappa shape index (κ2) is 8.35. The minimum atomic E-state index is 0.0772. The number of carbonyl (C=O) groups is 1. The van der Waals surface area contributed by atoms with Gasteiger partial charge in [-0.25, -0.2) is 0 Å². The van der Waals surface area contributed by atoms with E-state index in [4.69, 9.17) is 0 Å². The second-order valence-electron chi connectivity index (χ2n) is 5.60. The summed E-state index contributed by atoms with van der Waals surface area (Å²) in [7, 11) is 0. The maximum atomic E-state index is 11.9. The highest BCUT2D eigenvalue weighted by atomic mass is 16.1. The molecule has 1 amide bonds. The number of aryl methyl sites for hydroxylation is 1. The van der Waals surface area contributed by atoms with Crippen LogP contribution in [0.5, 0.6) is 0 Å². The van der Waals surface area contributed by atoms with Gasteiger partial charge in [0.25, 0.3) is 0 Å². The van der Waals surface area contributed by atoms with E-state index in [1.807, 2.05) is 30.3 Å². The molecule has 2 rings (SSSR count). The lowest BCUT2D eigenvalue weighted by Crippen LogP contribution is -2.28. The zero-order chi connectivity index (χ0) is 15.8. The van der Waals surface area contributed by atoms with Crippen LogP contribution in [0.2, 0.25) is 0 Å². The Labute approximate surface area is 132 Å². The summed E-state index contributed by atoms with van der Waals surface area (Å²) in [5.41, 5.74) is 3.60. The van der Waals surface area contributed by atoms with Gasteiger partial charge in [0.2, 0.25) is 5.91 Å². The van der Waals surface area contributed by atoms with Gasteiger partial charge in [0, 0.05) is 25.6 Å². The molecule has 0 fully saturated rings. The third-order valence-corrected chi connectivity index (χ3v) is 3.71. The standard InChI is InChI=1S/C19H24N2O/c1-15-8-10-17(11-9-15)14-21-19(22)12-13-20-16(2)18-6-4-3-5-7-18/h3-11,16,20H,12-14H2,1-2H3,(H,21,22). The maximum absolute atomic E-state index is 11.9. The number of rotatable bonds is 7. The molecule has 3 nitrogen and oxygen atoms in total. The Balaban J connectivity index is 1.66. The Morgan fingerprint density at radius 3 is 2.41 bits per heavy atom. The number of hydrogen-bond acceptors (Lipinski definition) is 2. The molecule has 2 aromatic carbocycles. The first-order valence-electron chi connectivity index (χ1n) is 7.76. The fourth-order valence-corrected chi connectivity index (χ4v) is 2.26. The van der Waals surface area contributed by atoms with Gasteiger partial charge in [-0.05, 0) is 25.0 Å². The van der Waals surface area contributed by atoms with Crippen molar-refractivity contribution < 1.29 is 4.79 Å². The SMILES string of the molecule is Cc1ccc(CNC(=O)CCNC(C)c2ccccc2)cc1. The molecule has 0 aliphatic carbocycles. The number of benzene rings is 2. The molecule has 0 aliphatic rings. The molecule has 0 radical (unpaired) electrons. The van der Waals surface area contributed by atoms with Crippen LogP contribution in [-0.2, 0) is 11.3 Å². The summed E-state index contributed by atoms with van der Waals surface area (Å²) < 4.78 is 0. The number of carbonyl (C=O) groups excluding carboxylic acids is 1. The van der Waals surface area contributed by atoms with Gasteiger partial charge in [0.15, 0.2) is 0 Å². The predicted molar refractivity (Wildman–Crippen MR) is 90.5 cm³/mol. The van der Waals surface area contributed by atoms with Gasteiger partial charge in [-0.2, -0.15) is 0 Å². The minimum Gasteiger partial charge on any atom is -0.352 e. The van der Waals surface area contributed by atoms with Crippen molar-refractivity contribution in [3.63, 3.8) is 0 Å². The smallest absolute Gasteiger partial charge is 0.221 e. The molecule has 2 aromatic rings. The van der Waals surface area contributed by atoms with Gasteiger partial charge in [-0.15, -0.1) is 0 Å². The Morgan fingerprint density at radius 2 is 1.73 bits per heavy atom. The van der Waals surface area contributed by atoms with Gasteiger partial charge in [0.1, 0.15) is 0 Å². The van der Waals surface area contributed by atoms with Crippen LogP contribution in [0, 0.1) is 6.92 Å². The van der Waals surface area contributed by atoms with E-state index >= 15 is 0 Å². The molecule has 0 bridgehead atoms. The summed E-state index contributed by atoms with van der Waals surface area (Å²) in [6, 6.07) is 18.7. The zero-order valence-corrected chi connectivity index (χ0v) is 13.3. The number of amides is 1. The largest absolute Gasteiger partial charge is 0.352 e. The molecule has 116 valence electrons. The molecule has 0 aromatic heterocycles. The molecule has 3 heteroatoms. The predicted octanol–water partition coefficient (Wildman–Crippen LogP) is 3.35. The second-order valence-corrected chi connectivity index (χ2v) is 5.60. The first-order chi connectivity index (χ1) is 10.6. The lowest BCUT2D eigenvalue weighted by molar-refractivity contribution is -0.121. The minimum absolute atomic E-state index is 0.0772. The van der Waals surface area contributed by atoms with E-state index < -0.39 is 0 Å². The first-order valence-corrected chi connectivity index (χ1v) is 7.76. The van der Waals surface area contributed by atoms with Crippen LogP contribution in [0.15, 0.2) is 54.6 Å². The highest BCUT2D eigenvalue weighted by Crippen LogP contribution is 2.10. The lowest BCUT2D eigenvalue weighted by atomic mass is 10.1. The molecule has 1 atom stereocenters. The summed E-state index contributed by atoms with van der Waals surface area (Å²) in [5.74, 6) is 0.0772. The first kappa shape index (κ1) is 16.2. The lowest BCUT2D eigenvalue weighted by Gasteiger charge is -2.14. The Morgan fingerprint density at radius 1 is 1.05 bits per heavy atom. The van der Waals surface area contributed by atoms with E-state index in [1.165, 1.54) is 11.1 Å². The van der Waals surface area contributed by atoms with Crippen molar-refractivity contribution in [1.29, 1.82) is 0 Å². The van der Waals surface area contributed by atoms with E-state index in [1.54, 1.807) is 0 Å². The Bertz CT molecular complexity index is 578. The molecule has 1 unspecified atom stereocenters. The molecule has 2 N–H and O–H groups in total. The molecule has 0 spiro atoms. The average Bonchev–Trinajstić information content (AvgIpc) is 2.55. The summed E-state index contributed by atoms with van der Waals surface area (Å²) in [4.78, 5) is 11.9. The van der Waals surface area contributed by atoms with Crippen LogP contribution in [0.25, 0.3) is 0 Å². The molecule has 0 aliphatic heterocycles. The molecular weight excluding hydrogens is 272 g/mol. The summed E-state index contributed by atoms with van der Waals surface area (Å²) in [6.07, 6.45) is 0.489. The summed E-state index contributed by atoms with van der Waals surface area (Å²) >= 11 is 0. The Hall–Kier alpha value is -2.13. The highest BCUT2D eigenvalue weighted by Gasteiger charge is 2.05. The van der Waals surface area contributed by atoms with Crippen LogP contribution in [0.4, 0.5) is 0 Å². The van der Waals surface area contributed by atoms with E-state index in [2.05, 4.69) is 48.7 Å². The van der Waals surface area contributed by atoms with Gasteiger partial charge in [-0.3, -0.25) is 4.79 Å². The van der Waals surface area contributed by atoms with Crippen LogP contribution in [0.1, 0.15) is 36.1 Å². The van der Waals surface area contributed by atoms with Crippen molar-refractivity contribution in [2.24, 2.45) is 0 Å². The molecule has 22 heavy (non-hydrogen) atoms. The average molecular weight is 296 g/mol. The normalized spacial score (nSPS) is 11.9. The van der Waals surface area contributed by atoms with E-state index in [9.17, 15) is 4.79 Å². The quantitative estimate of drug-likeness (QED) is 0.822. The fraction of sp³-hybridized carbons (Fsp3) is 0.316. The third-order valence-electron chi connectivity index (χ3n) is 3.71. The van der Waals surface area contributed by atoms with Gasteiger partial charge in [-0.1, -0.05) is 60.2 Å². The topological polar surface area (TPSA) is 41.1 Å². The monoisotopic (exact) mass is 296 g/mol. The van der Waals surface area contributed by atoms with E-state index in [-0.39, 0.29) is 11.9 Å². The Kier molecular flexibility index (Phi) is 6.16. The fourth-order valence-electron chi connectivity index (χ4n) is 2.26. The van der Waals surface area contributed by atoms with Crippen molar-refractivity contribution in [2.75, 3.05) is 6.54 Å². The van der Waals surface area contributed by atoms with Gasteiger partial charge in [0.05, 0.1) is 0 Å². The summed E-state index contributed by atoms with van der Waals surface area (Å²) in [5, 5.41) is 6.33. The number of hydrogen-bond donors (Lipinski definition) is 2. The molecule has 0 saturated heterocycles. The van der Waals surface area contributed by atoms with Crippen LogP contribution < -0.4 is 10.6 Å². The zero-order valence-electron chi connectivity index (χ0n) is 13.3. The maximum Gasteiger partial charge on any atom is 0.221 e. The van der Waals surface area contributed by atoms with Gasteiger partial charge >= 0.3 is 0 Å². The van der Waals surface area contributed by atoms with Crippen molar-refractivity contribution in [3.05, 3.63) is 71.3 Å². The van der Waals surface area contributed by atoms with Crippen molar-refractivity contribution in [1.82, 2.24) is 10.6 Å². The van der Waals surface area contributed by atoms with Crippen molar-refractivity contribution in [3.8, 4) is 0 Å². The highest BCUT2D eigenvalue weighted by molar-refractivity contribution is 5.76. The van der Waals surface area contributed by atoms with Crippen LogP contribution >= 0.6 is 0 Å². The molecular formula is C19H24N2O. The van der Waals surface area contributed by atoms with Gasteiger partial charge < -0.3 is 10.6 Å². The number of nitrogens with one attached hydrogen (secondary N) is 2. The molecule has 0 saturated carbocycles. The van der Waals surface area contributed by atoms with Crippen molar-refractivity contribution in [2.45, 2.75) is 32.9 Å². The third kappa shape index (κ3) is 5.34. The summed E-state index contributed by atoms with van der Waals surface area (Å²) in [6.45, 7) is 5.44. The van der Waals surface area contributed by atoms with E-state index in [0.717, 1.165) is 5.56 Å². The van der Waals surface area contributed by atoms with Crippen molar-refractivity contribution >= 4 is 5.91 Å². The van der Waals surface area contributed by atoms with E-state index in [0.29, 0.717) is 19.5 Å². The molecule has 0 heterocycles. The van der Waals surface area contributed by atoms with Crippen LogP contribution in [0.3, 0.4) is 0 Å². The van der Waals surface area contributed by atoms with Crippen LogP contribution in [-0.4, -0.2) is 12.5 Å².